The van der Waals surface area contributed by atoms with E-state index in [0.717, 1.165) is 31.6 Å². The molecule has 2 amide bonds. The molecule has 2 aromatic rings. The lowest BCUT2D eigenvalue weighted by atomic mass is 10.00. The number of hydrogen-bond donors (Lipinski definition) is 2. The van der Waals surface area contributed by atoms with Crippen LogP contribution in [0.3, 0.4) is 0 Å². The lowest BCUT2D eigenvalue weighted by Gasteiger charge is -2.30. The number of carbonyl (C=O) groups excluding carboxylic acids is 2. The fraction of sp³-hybridized carbons (Fsp3) is 0.440. The van der Waals surface area contributed by atoms with Gasteiger partial charge in [-0.3, -0.25) is 24.6 Å². The quantitative estimate of drug-likeness (QED) is 0.409. The van der Waals surface area contributed by atoms with Gasteiger partial charge in [-0.2, -0.15) is 0 Å². The van der Waals surface area contributed by atoms with Gasteiger partial charge >= 0.3 is 0 Å². The number of nitrogens with zero attached hydrogens (tertiary/aromatic N) is 2. The number of benzene rings is 2. The summed E-state index contributed by atoms with van der Waals surface area (Å²) in [6, 6.07) is 10.5. The number of amides is 2. The van der Waals surface area contributed by atoms with E-state index in [-0.39, 0.29) is 28.1 Å². The lowest BCUT2D eigenvalue weighted by Crippen LogP contribution is -2.47. The largest absolute Gasteiger partial charge is 0.340 e. The predicted molar refractivity (Wildman–Crippen MR) is 133 cm³/mol. The van der Waals surface area contributed by atoms with Crippen molar-refractivity contribution in [3.05, 3.63) is 68.7 Å². The zero-order chi connectivity index (χ0) is 24.8. The number of hydrogen-bond acceptors (Lipinski definition) is 5. The molecule has 0 radical (unpaired) electrons. The minimum Gasteiger partial charge on any atom is -0.340 e. The summed E-state index contributed by atoms with van der Waals surface area (Å²) in [5.74, 6) is -0.392. The molecule has 1 aliphatic heterocycles. The van der Waals surface area contributed by atoms with Crippen LogP contribution in [0.1, 0.15) is 49.5 Å². The van der Waals surface area contributed by atoms with Crippen LogP contribution in [-0.2, 0) is 11.3 Å². The van der Waals surface area contributed by atoms with Crippen molar-refractivity contribution in [1.29, 1.82) is 0 Å². The van der Waals surface area contributed by atoms with Crippen LogP contribution in [0.5, 0.6) is 0 Å². The second-order valence-electron chi connectivity index (χ2n) is 9.29. The Labute approximate surface area is 204 Å². The fourth-order valence-electron chi connectivity index (χ4n) is 4.16. The number of anilines is 1. The zero-order valence-electron chi connectivity index (χ0n) is 19.7. The monoisotopic (exact) mass is 486 g/mol. The molecule has 2 atom stereocenters. The van der Waals surface area contributed by atoms with Gasteiger partial charge in [0.25, 0.3) is 11.6 Å². The van der Waals surface area contributed by atoms with Gasteiger partial charge in [0, 0.05) is 30.9 Å². The van der Waals surface area contributed by atoms with E-state index < -0.39 is 16.9 Å². The molecule has 0 bridgehead atoms. The summed E-state index contributed by atoms with van der Waals surface area (Å²) in [7, 11) is 0. The van der Waals surface area contributed by atoms with Crippen molar-refractivity contribution >= 4 is 34.8 Å². The number of non-ortho nitro benzene ring substituents is 1. The second-order valence-corrected chi connectivity index (χ2v) is 9.69. The van der Waals surface area contributed by atoms with Gasteiger partial charge in [-0.1, -0.05) is 44.5 Å². The molecule has 34 heavy (non-hydrogen) atoms. The maximum Gasteiger partial charge on any atom is 0.270 e. The summed E-state index contributed by atoms with van der Waals surface area (Å²) in [4.78, 5) is 38.4. The van der Waals surface area contributed by atoms with Gasteiger partial charge in [0.1, 0.15) is 6.04 Å². The van der Waals surface area contributed by atoms with E-state index in [9.17, 15) is 19.7 Å². The molecule has 3 rings (SSSR count). The Morgan fingerprint density at radius 2 is 1.91 bits per heavy atom. The minimum absolute atomic E-state index is 0.0479. The number of rotatable bonds is 8. The highest BCUT2D eigenvalue weighted by molar-refractivity contribution is 6.34. The molecule has 1 aliphatic rings. The van der Waals surface area contributed by atoms with E-state index in [4.69, 9.17) is 11.6 Å². The van der Waals surface area contributed by atoms with Crippen LogP contribution in [0.2, 0.25) is 5.02 Å². The van der Waals surface area contributed by atoms with Gasteiger partial charge in [0.2, 0.25) is 5.91 Å². The molecule has 2 aromatic carbocycles. The van der Waals surface area contributed by atoms with Gasteiger partial charge in [0.05, 0.1) is 15.5 Å². The summed E-state index contributed by atoms with van der Waals surface area (Å²) in [6.45, 7) is 9.03. The van der Waals surface area contributed by atoms with Crippen LogP contribution >= 0.6 is 11.6 Å². The van der Waals surface area contributed by atoms with Crippen molar-refractivity contribution in [2.75, 3.05) is 18.4 Å². The van der Waals surface area contributed by atoms with Crippen molar-refractivity contribution in [3.8, 4) is 0 Å². The van der Waals surface area contributed by atoms with E-state index in [2.05, 4.69) is 22.5 Å². The van der Waals surface area contributed by atoms with Crippen LogP contribution in [0, 0.1) is 22.0 Å². The zero-order valence-corrected chi connectivity index (χ0v) is 20.5. The second kappa shape index (κ2) is 11.4. The van der Waals surface area contributed by atoms with E-state index >= 15 is 0 Å². The van der Waals surface area contributed by atoms with Crippen LogP contribution in [0.15, 0.2) is 42.5 Å². The van der Waals surface area contributed by atoms with Gasteiger partial charge in [0.15, 0.2) is 0 Å². The van der Waals surface area contributed by atoms with Crippen LogP contribution < -0.4 is 10.6 Å². The number of nitro benzene ring substituents is 1. The first kappa shape index (κ1) is 25.6. The Morgan fingerprint density at radius 3 is 2.50 bits per heavy atom. The maximum absolute atomic E-state index is 12.9. The van der Waals surface area contributed by atoms with Gasteiger partial charge < -0.3 is 10.6 Å². The smallest absolute Gasteiger partial charge is 0.270 e. The Hall–Kier alpha value is -2.97. The molecule has 1 fully saturated rings. The highest BCUT2D eigenvalue weighted by Crippen LogP contribution is 2.23. The van der Waals surface area contributed by atoms with E-state index in [1.165, 1.54) is 30.5 Å². The Bertz CT molecular complexity index is 1040. The van der Waals surface area contributed by atoms with Crippen LogP contribution in [-0.4, -0.2) is 40.8 Å². The third kappa shape index (κ3) is 6.77. The molecular formula is C25H31ClN4O4. The van der Waals surface area contributed by atoms with E-state index in [0.29, 0.717) is 5.69 Å². The molecule has 182 valence electrons. The lowest BCUT2D eigenvalue weighted by molar-refractivity contribution is -0.384. The summed E-state index contributed by atoms with van der Waals surface area (Å²) < 4.78 is 0. The molecule has 0 aromatic heterocycles. The minimum atomic E-state index is -0.812. The SMILES string of the molecule is CC1CCCN(Cc2ccc(NC(=O)C(NC(=O)c3ccc([N+](=O)[O-])cc3Cl)C(C)C)cc2)C1. The van der Waals surface area contributed by atoms with Crippen molar-refractivity contribution < 1.29 is 14.5 Å². The normalized spacial score (nSPS) is 17.3. The molecule has 1 saturated heterocycles. The molecular weight excluding hydrogens is 456 g/mol. The number of nitro groups is 1. The Balaban J connectivity index is 1.62. The highest BCUT2D eigenvalue weighted by Gasteiger charge is 2.26. The number of piperidine rings is 1. The highest BCUT2D eigenvalue weighted by atomic mass is 35.5. The average molecular weight is 487 g/mol. The molecule has 2 N–H and O–H groups in total. The summed E-state index contributed by atoms with van der Waals surface area (Å²) in [6.07, 6.45) is 2.51. The summed E-state index contributed by atoms with van der Waals surface area (Å²) in [5.41, 5.74) is 1.70. The molecule has 9 heteroatoms. The predicted octanol–water partition coefficient (Wildman–Crippen LogP) is 4.87. The molecule has 8 nitrogen and oxygen atoms in total. The third-order valence-electron chi connectivity index (χ3n) is 6.01. The molecule has 0 saturated carbocycles. The van der Waals surface area contributed by atoms with Crippen molar-refractivity contribution in [1.82, 2.24) is 10.2 Å². The Morgan fingerprint density at radius 1 is 1.21 bits per heavy atom. The fourth-order valence-corrected chi connectivity index (χ4v) is 4.42. The van der Waals surface area contributed by atoms with Crippen molar-refractivity contribution in [3.63, 3.8) is 0 Å². The first-order valence-electron chi connectivity index (χ1n) is 11.5. The maximum atomic E-state index is 12.9. The standard InChI is InChI=1S/C25H31ClN4O4/c1-16(2)23(28-24(31)21-11-10-20(30(33)34)13-22(21)26)25(32)27-19-8-6-18(7-9-19)15-29-12-4-5-17(3)14-29/h6-11,13,16-17,23H,4-5,12,14-15H2,1-3H3,(H,27,32)(H,28,31). The molecule has 1 heterocycles. The van der Waals surface area contributed by atoms with E-state index in [1.54, 1.807) is 0 Å². The van der Waals surface area contributed by atoms with Gasteiger partial charge in [-0.05, 0) is 55.0 Å². The van der Waals surface area contributed by atoms with Crippen molar-refractivity contribution in [2.24, 2.45) is 11.8 Å². The number of halogens is 1. The summed E-state index contributed by atoms with van der Waals surface area (Å²) in [5, 5.41) is 16.4. The molecule has 0 spiro atoms. The first-order valence-corrected chi connectivity index (χ1v) is 11.9. The summed E-state index contributed by atoms with van der Waals surface area (Å²) >= 11 is 6.06. The number of likely N-dealkylation sites (tertiary alicyclic amines) is 1. The number of nitrogens with one attached hydrogen (secondary N) is 2. The third-order valence-corrected chi connectivity index (χ3v) is 6.33. The van der Waals surface area contributed by atoms with Gasteiger partial charge in [-0.15, -0.1) is 0 Å². The molecule has 2 unspecified atom stereocenters. The number of carbonyl (C=O) groups is 2. The van der Waals surface area contributed by atoms with Crippen LogP contribution in [0.25, 0.3) is 0 Å². The average Bonchev–Trinajstić information content (AvgIpc) is 2.78. The first-order chi connectivity index (χ1) is 16.1. The molecule has 0 aliphatic carbocycles. The van der Waals surface area contributed by atoms with Crippen LogP contribution in [0.4, 0.5) is 11.4 Å². The Kier molecular flexibility index (Phi) is 8.63. The van der Waals surface area contributed by atoms with Gasteiger partial charge in [-0.25, -0.2) is 0 Å². The topological polar surface area (TPSA) is 105 Å². The van der Waals surface area contributed by atoms with Crippen molar-refractivity contribution in [2.45, 2.75) is 46.2 Å². The van der Waals surface area contributed by atoms with E-state index in [1.807, 2.05) is 38.1 Å².